The van der Waals surface area contributed by atoms with Crippen LogP contribution in [-0.2, 0) is 19.4 Å². The number of hydrogen-bond acceptors (Lipinski definition) is 5. The van der Waals surface area contributed by atoms with Gasteiger partial charge in [0.1, 0.15) is 0 Å². The molecule has 1 amide bonds. The molecule has 0 spiro atoms. The van der Waals surface area contributed by atoms with Gasteiger partial charge in [-0.3, -0.25) is 9.69 Å². The summed E-state index contributed by atoms with van der Waals surface area (Å²) in [6.45, 7) is 2.25. The molecule has 2 saturated carbocycles. The van der Waals surface area contributed by atoms with Gasteiger partial charge >= 0.3 is 0 Å². The van der Waals surface area contributed by atoms with Crippen molar-refractivity contribution in [2.24, 2.45) is 0 Å². The normalized spacial score (nSPS) is 30.0. The van der Waals surface area contributed by atoms with Crippen LogP contribution in [-0.4, -0.2) is 79.6 Å². The van der Waals surface area contributed by atoms with Gasteiger partial charge in [-0.25, -0.2) is 8.42 Å². The fourth-order valence-corrected chi connectivity index (χ4v) is 7.54. The largest absolute Gasteiger partial charge is 0.375 e. The van der Waals surface area contributed by atoms with E-state index in [0.29, 0.717) is 25.2 Å². The van der Waals surface area contributed by atoms with Crippen LogP contribution in [0.5, 0.6) is 0 Å². The van der Waals surface area contributed by atoms with Crippen LogP contribution in [0.2, 0.25) is 0 Å². The smallest absolute Gasteiger partial charge is 0.237 e. The van der Waals surface area contributed by atoms with E-state index >= 15 is 0 Å². The van der Waals surface area contributed by atoms with Gasteiger partial charge in [0.15, 0.2) is 9.84 Å². The van der Waals surface area contributed by atoms with Gasteiger partial charge in [0.05, 0.1) is 30.3 Å². The van der Waals surface area contributed by atoms with E-state index < -0.39 is 9.84 Å². The van der Waals surface area contributed by atoms with Gasteiger partial charge in [0, 0.05) is 25.2 Å². The molecule has 4 rings (SSSR count). The van der Waals surface area contributed by atoms with Crippen molar-refractivity contribution >= 4 is 15.7 Å². The van der Waals surface area contributed by atoms with Gasteiger partial charge in [0.25, 0.3) is 0 Å². The van der Waals surface area contributed by atoms with Crippen molar-refractivity contribution in [2.75, 3.05) is 31.1 Å². The summed E-state index contributed by atoms with van der Waals surface area (Å²) >= 11 is 0. The van der Waals surface area contributed by atoms with E-state index in [2.05, 4.69) is 4.90 Å². The zero-order valence-corrected chi connectivity index (χ0v) is 18.6. The number of nitrogens with zero attached hydrogens (tertiary/aromatic N) is 2. The van der Waals surface area contributed by atoms with Crippen LogP contribution in [0.25, 0.3) is 0 Å². The van der Waals surface area contributed by atoms with Gasteiger partial charge in [0.2, 0.25) is 5.91 Å². The minimum absolute atomic E-state index is 0.109. The molecular formula is C22H38N2O4S. The number of amides is 1. The van der Waals surface area contributed by atoms with E-state index in [0.717, 1.165) is 51.6 Å². The second-order valence-corrected chi connectivity index (χ2v) is 11.9. The van der Waals surface area contributed by atoms with Gasteiger partial charge in [-0.1, -0.05) is 32.1 Å². The lowest BCUT2D eigenvalue weighted by molar-refractivity contribution is -0.138. The fraction of sp³-hybridized carbons (Fsp3) is 0.955. The molecule has 2 aliphatic carbocycles. The Bertz CT molecular complexity index is 648. The molecule has 6 nitrogen and oxygen atoms in total. The zero-order valence-electron chi connectivity index (χ0n) is 17.8. The number of carbonyl (C=O) groups excluding carboxylic acids is 1. The Balaban J connectivity index is 1.29. The first-order valence-electron chi connectivity index (χ1n) is 11.9. The molecule has 2 aliphatic heterocycles. The van der Waals surface area contributed by atoms with Crippen molar-refractivity contribution in [1.82, 2.24) is 9.80 Å². The highest BCUT2D eigenvalue weighted by molar-refractivity contribution is 7.91. The standard InChI is InChI=1S/C22H38N2O4S/c25-22(24(18-6-4-5-7-18)19-12-15-29(26,27)17-19)16-23-13-10-21(11-14-23)28-20-8-2-1-3-9-20/h18-21H,1-17H2. The average Bonchev–Trinajstić information content (AvgIpc) is 3.34. The predicted octanol–water partition coefficient (Wildman–Crippen LogP) is 2.76. The SMILES string of the molecule is O=C(CN1CCC(OC2CCCCC2)CC1)N(C1CCCC1)C1CCS(=O)(=O)C1. The van der Waals surface area contributed by atoms with E-state index in [9.17, 15) is 13.2 Å². The van der Waals surface area contributed by atoms with Crippen LogP contribution in [0.1, 0.15) is 77.0 Å². The van der Waals surface area contributed by atoms with Crippen molar-refractivity contribution < 1.29 is 17.9 Å². The molecule has 2 saturated heterocycles. The Kier molecular flexibility index (Phi) is 7.18. The lowest BCUT2D eigenvalue weighted by Gasteiger charge is -2.38. The van der Waals surface area contributed by atoms with Crippen LogP contribution in [0.4, 0.5) is 0 Å². The van der Waals surface area contributed by atoms with Crippen LogP contribution < -0.4 is 0 Å². The molecule has 29 heavy (non-hydrogen) atoms. The van der Waals surface area contributed by atoms with Crippen molar-refractivity contribution in [3.63, 3.8) is 0 Å². The van der Waals surface area contributed by atoms with Crippen molar-refractivity contribution in [3.05, 3.63) is 0 Å². The topological polar surface area (TPSA) is 66.9 Å². The number of ether oxygens (including phenoxy) is 1. The first kappa shape index (κ1) is 21.6. The molecule has 1 atom stereocenters. The molecule has 0 bridgehead atoms. The molecule has 0 aromatic heterocycles. The van der Waals surface area contributed by atoms with Crippen LogP contribution in [0.15, 0.2) is 0 Å². The van der Waals surface area contributed by atoms with E-state index in [4.69, 9.17) is 4.74 Å². The maximum Gasteiger partial charge on any atom is 0.237 e. The van der Waals surface area contributed by atoms with Crippen molar-refractivity contribution in [2.45, 2.75) is 101 Å². The van der Waals surface area contributed by atoms with E-state index in [-0.39, 0.29) is 29.5 Å². The van der Waals surface area contributed by atoms with Crippen LogP contribution in [0, 0.1) is 0 Å². The number of piperidine rings is 1. The van der Waals surface area contributed by atoms with Gasteiger partial charge in [-0.15, -0.1) is 0 Å². The maximum atomic E-state index is 13.3. The summed E-state index contributed by atoms with van der Waals surface area (Å²) in [5.74, 6) is 0.538. The molecule has 166 valence electrons. The van der Waals surface area contributed by atoms with E-state index in [1.807, 2.05) is 4.90 Å². The molecule has 7 heteroatoms. The summed E-state index contributed by atoms with van der Waals surface area (Å²) in [6.07, 6.45) is 14.1. The first-order valence-corrected chi connectivity index (χ1v) is 13.7. The summed E-state index contributed by atoms with van der Waals surface area (Å²) < 4.78 is 30.4. The lowest BCUT2D eigenvalue weighted by Crippen LogP contribution is -2.52. The molecule has 0 radical (unpaired) electrons. The van der Waals surface area contributed by atoms with Gasteiger partial charge < -0.3 is 9.64 Å². The molecule has 1 unspecified atom stereocenters. The minimum atomic E-state index is -2.98. The summed E-state index contributed by atoms with van der Waals surface area (Å²) in [5, 5.41) is 0. The summed E-state index contributed by atoms with van der Waals surface area (Å²) in [6, 6.07) is 0.135. The zero-order chi connectivity index (χ0) is 20.3. The third-order valence-electron chi connectivity index (χ3n) is 7.44. The number of hydrogen-bond donors (Lipinski definition) is 0. The summed E-state index contributed by atoms with van der Waals surface area (Å²) in [4.78, 5) is 17.5. The minimum Gasteiger partial charge on any atom is -0.375 e. The number of likely N-dealkylation sites (tertiary alicyclic amines) is 1. The molecular weight excluding hydrogens is 388 g/mol. The van der Waals surface area contributed by atoms with E-state index in [1.165, 1.54) is 32.1 Å². The maximum absolute atomic E-state index is 13.3. The number of rotatable bonds is 6. The lowest BCUT2D eigenvalue weighted by atomic mass is 9.97. The van der Waals surface area contributed by atoms with Gasteiger partial charge in [-0.05, 0) is 44.9 Å². The Morgan fingerprint density at radius 1 is 0.828 bits per heavy atom. The average molecular weight is 427 g/mol. The second-order valence-electron chi connectivity index (χ2n) is 9.67. The van der Waals surface area contributed by atoms with E-state index in [1.54, 1.807) is 0 Å². The Morgan fingerprint density at radius 3 is 2.07 bits per heavy atom. The molecule has 0 aromatic carbocycles. The van der Waals surface area contributed by atoms with Crippen LogP contribution in [0.3, 0.4) is 0 Å². The molecule has 4 fully saturated rings. The Labute approximate surface area is 176 Å². The highest BCUT2D eigenvalue weighted by Gasteiger charge is 2.39. The first-order chi connectivity index (χ1) is 14.0. The van der Waals surface area contributed by atoms with Crippen molar-refractivity contribution in [1.29, 1.82) is 0 Å². The second kappa shape index (κ2) is 9.65. The monoisotopic (exact) mass is 426 g/mol. The molecule has 4 aliphatic rings. The highest BCUT2D eigenvalue weighted by atomic mass is 32.2. The number of carbonyl (C=O) groups is 1. The van der Waals surface area contributed by atoms with Crippen LogP contribution >= 0.6 is 0 Å². The third kappa shape index (κ3) is 5.73. The molecule has 0 N–H and O–H groups in total. The third-order valence-corrected chi connectivity index (χ3v) is 9.19. The van der Waals surface area contributed by atoms with Crippen molar-refractivity contribution in [3.8, 4) is 0 Å². The summed E-state index contributed by atoms with van der Waals surface area (Å²) in [5.41, 5.74) is 0. The summed E-state index contributed by atoms with van der Waals surface area (Å²) in [7, 11) is -2.98. The molecule has 2 heterocycles. The fourth-order valence-electron chi connectivity index (χ4n) is 5.83. The Morgan fingerprint density at radius 2 is 1.45 bits per heavy atom. The highest BCUT2D eigenvalue weighted by Crippen LogP contribution is 2.30. The quantitative estimate of drug-likeness (QED) is 0.653. The predicted molar refractivity (Wildman–Crippen MR) is 114 cm³/mol. The molecule has 0 aromatic rings. The van der Waals surface area contributed by atoms with Gasteiger partial charge in [-0.2, -0.15) is 0 Å². The Hall–Kier alpha value is -0.660. The number of sulfone groups is 1.